The van der Waals surface area contributed by atoms with E-state index in [4.69, 9.17) is 27.8 Å². The number of nitrogens with one attached hydrogen (secondary N) is 1. The van der Waals surface area contributed by atoms with Gasteiger partial charge < -0.3 is 4.84 Å². The van der Waals surface area contributed by atoms with Crippen molar-refractivity contribution in [2.24, 2.45) is 0 Å². The molecule has 1 rings (SSSR count). The Morgan fingerprint density at radius 1 is 1.62 bits per heavy atom. The van der Waals surface area contributed by atoms with Crippen molar-refractivity contribution in [3.05, 3.63) is 0 Å². The number of halogens is 2. The normalized spacial score (nSPS) is 28.5. The summed E-state index contributed by atoms with van der Waals surface area (Å²) in [6, 6.07) is 0. The highest BCUT2D eigenvalue weighted by Crippen LogP contribution is 2.19. The first-order valence-corrected chi connectivity index (χ1v) is 3.31. The van der Waals surface area contributed by atoms with Crippen LogP contribution in [0.2, 0.25) is 5.82 Å². The summed E-state index contributed by atoms with van der Waals surface area (Å²) in [6.07, 6.45) is 0. The molecule has 1 saturated heterocycles. The molecule has 1 fully saturated rings. The lowest BCUT2D eigenvalue weighted by atomic mass is 9.86. The van der Waals surface area contributed by atoms with E-state index >= 15 is 0 Å². The molecule has 0 aromatic carbocycles. The minimum atomic E-state index is -0.301. The highest BCUT2D eigenvalue weighted by Gasteiger charge is 2.25. The number of rotatable bonds is 1. The Bertz CT molecular complexity index is 75.7. The lowest BCUT2D eigenvalue weighted by Gasteiger charge is -1.99. The van der Waals surface area contributed by atoms with Crippen LogP contribution in [-0.4, -0.2) is 18.7 Å². The smallest absolute Gasteiger partial charge is 0.302 e. The quantitative estimate of drug-likeness (QED) is 0.565. The third-order valence-corrected chi connectivity index (χ3v) is 1.81. The van der Waals surface area contributed by atoms with Gasteiger partial charge in [-0.25, -0.2) is 5.48 Å². The van der Waals surface area contributed by atoms with Crippen LogP contribution in [0.15, 0.2) is 0 Å². The van der Waals surface area contributed by atoms with Gasteiger partial charge in [-0.2, -0.15) is 22.9 Å². The van der Waals surface area contributed by atoms with E-state index in [1.165, 1.54) is 0 Å². The van der Waals surface area contributed by atoms with Crippen LogP contribution >= 0.6 is 22.9 Å². The van der Waals surface area contributed by atoms with Crippen LogP contribution in [0.5, 0.6) is 0 Å². The molecular formula is C3H6BCl2NO. The summed E-state index contributed by atoms with van der Waals surface area (Å²) in [5, 5.41) is 0. The van der Waals surface area contributed by atoms with Gasteiger partial charge in [0.05, 0.1) is 6.61 Å². The van der Waals surface area contributed by atoms with Crippen molar-refractivity contribution in [1.29, 1.82) is 0 Å². The van der Waals surface area contributed by atoms with Crippen molar-refractivity contribution in [3.63, 3.8) is 0 Å². The molecule has 0 aromatic rings. The van der Waals surface area contributed by atoms with Gasteiger partial charge in [0.1, 0.15) is 0 Å². The number of hydroxylamine groups is 1. The van der Waals surface area contributed by atoms with E-state index in [2.05, 4.69) is 5.48 Å². The fourth-order valence-electron chi connectivity index (χ4n) is 0.553. The van der Waals surface area contributed by atoms with Crippen molar-refractivity contribution in [1.82, 2.24) is 5.48 Å². The fraction of sp³-hybridized carbons (Fsp3) is 1.00. The van der Waals surface area contributed by atoms with Crippen molar-refractivity contribution in [2.45, 2.75) is 5.82 Å². The Hall–Kier alpha value is 0.565. The standard InChI is InChI=1S/C3H6BCl2NO/c5-4(6)3-1-7-8-2-3/h3,7H,1-2H2/t3-/m0/s1. The zero-order chi connectivity index (χ0) is 5.98. The summed E-state index contributed by atoms with van der Waals surface area (Å²) in [4.78, 5) is 4.80. The van der Waals surface area contributed by atoms with Gasteiger partial charge in [0.15, 0.2) is 0 Å². The third-order valence-electron chi connectivity index (χ3n) is 1.10. The van der Waals surface area contributed by atoms with Crippen LogP contribution in [0.3, 0.4) is 0 Å². The third kappa shape index (κ3) is 1.52. The molecule has 1 N–H and O–H groups in total. The largest absolute Gasteiger partial charge is 0.358 e. The lowest BCUT2D eigenvalue weighted by molar-refractivity contribution is 0.103. The van der Waals surface area contributed by atoms with Gasteiger partial charge in [0, 0.05) is 12.4 Å². The molecule has 0 aliphatic carbocycles. The SMILES string of the molecule is ClB(Cl)[C@H]1CNOC1. The van der Waals surface area contributed by atoms with Crippen molar-refractivity contribution >= 4 is 28.5 Å². The minimum absolute atomic E-state index is 0.262. The summed E-state index contributed by atoms with van der Waals surface area (Å²) in [5.74, 6) is 0.262. The highest BCUT2D eigenvalue weighted by atomic mass is 35.5. The minimum Gasteiger partial charge on any atom is -0.302 e. The molecule has 1 atom stereocenters. The van der Waals surface area contributed by atoms with Gasteiger partial charge in [0.2, 0.25) is 0 Å². The monoisotopic (exact) mass is 153 g/mol. The van der Waals surface area contributed by atoms with Gasteiger partial charge in [-0.15, -0.1) is 0 Å². The molecule has 0 amide bonds. The van der Waals surface area contributed by atoms with E-state index in [1.54, 1.807) is 0 Å². The first-order chi connectivity index (χ1) is 3.80. The molecule has 46 valence electrons. The first-order valence-electron chi connectivity index (χ1n) is 2.43. The van der Waals surface area contributed by atoms with Crippen molar-refractivity contribution in [2.75, 3.05) is 13.2 Å². The summed E-state index contributed by atoms with van der Waals surface area (Å²) in [6.45, 7) is 1.38. The van der Waals surface area contributed by atoms with Gasteiger partial charge in [-0.3, -0.25) is 0 Å². The molecule has 1 heterocycles. The molecule has 1 aliphatic heterocycles. The van der Waals surface area contributed by atoms with E-state index in [-0.39, 0.29) is 11.4 Å². The second kappa shape index (κ2) is 2.92. The maximum Gasteiger partial charge on any atom is 0.358 e. The number of hydrogen-bond donors (Lipinski definition) is 1. The molecule has 0 saturated carbocycles. The predicted molar refractivity (Wildman–Crippen MR) is 35.2 cm³/mol. The van der Waals surface area contributed by atoms with Gasteiger partial charge in [-0.05, 0) is 0 Å². The van der Waals surface area contributed by atoms with Crippen molar-refractivity contribution < 1.29 is 4.84 Å². The Balaban J connectivity index is 2.24. The summed E-state index contributed by atoms with van der Waals surface area (Å²) < 4.78 is 0. The van der Waals surface area contributed by atoms with Crippen LogP contribution in [0, 0.1) is 0 Å². The van der Waals surface area contributed by atoms with Crippen LogP contribution < -0.4 is 5.48 Å². The van der Waals surface area contributed by atoms with Crippen LogP contribution in [-0.2, 0) is 4.84 Å². The van der Waals surface area contributed by atoms with Gasteiger partial charge >= 0.3 is 5.54 Å². The Labute approximate surface area is 58.3 Å². The summed E-state index contributed by atoms with van der Waals surface area (Å²) in [7, 11) is 0. The highest BCUT2D eigenvalue weighted by molar-refractivity contribution is 7.34. The first kappa shape index (κ1) is 6.68. The molecule has 1 aliphatic rings. The molecule has 5 heteroatoms. The maximum atomic E-state index is 5.53. The second-order valence-corrected chi connectivity index (χ2v) is 2.92. The molecule has 0 radical (unpaired) electrons. The average molecular weight is 154 g/mol. The van der Waals surface area contributed by atoms with E-state index in [1.807, 2.05) is 0 Å². The molecule has 0 unspecified atom stereocenters. The molecular weight excluding hydrogens is 148 g/mol. The van der Waals surface area contributed by atoms with Gasteiger partial charge in [0.25, 0.3) is 0 Å². The van der Waals surface area contributed by atoms with Crippen molar-refractivity contribution in [3.8, 4) is 0 Å². The molecule has 2 nitrogen and oxygen atoms in total. The van der Waals surface area contributed by atoms with E-state index in [9.17, 15) is 0 Å². The number of hydrogen-bond acceptors (Lipinski definition) is 2. The van der Waals surface area contributed by atoms with Crippen LogP contribution in [0.1, 0.15) is 0 Å². The van der Waals surface area contributed by atoms with Crippen LogP contribution in [0.25, 0.3) is 0 Å². The van der Waals surface area contributed by atoms with E-state index < -0.39 is 0 Å². The molecule has 0 aromatic heterocycles. The molecule has 8 heavy (non-hydrogen) atoms. The topological polar surface area (TPSA) is 21.3 Å². The molecule has 0 spiro atoms. The zero-order valence-corrected chi connectivity index (χ0v) is 5.74. The zero-order valence-electron chi connectivity index (χ0n) is 4.23. The van der Waals surface area contributed by atoms with E-state index in [0.29, 0.717) is 6.61 Å². The summed E-state index contributed by atoms with van der Waals surface area (Å²) >= 11 is 11.1. The predicted octanol–water partition coefficient (Wildman–Crippen LogP) is 0.857. The Morgan fingerprint density at radius 3 is 2.62 bits per heavy atom. The summed E-state index contributed by atoms with van der Waals surface area (Å²) in [5.41, 5.74) is 2.38. The fourth-order valence-corrected chi connectivity index (χ4v) is 0.876. The van der Waals surface area contributed by atoms with Gasteiger partial charge in [-0.1, -0.05) is 0 Å². The van der Waals surface area contributed by atoms with Crippen LogP contribution in [0.4, 0.5) is 0 Å². The Morgan fingerprint density at radius 2 is 2.38 bits per heavy atom. The average Bonchev–Trinajstić information content (AvgIpc) is 2.12. The second-order valence-electron chi connectivity index (χ2n) is 1.75. The molecule has 0 bridgehead atoms. The maximum absolute atomic E-state index is 5.53. The lowest BCUT2D eigenvalue weighted by Crippen LogP contribution is -2.12. The Kier molecular flexibility index (Phi) is 2.44. The van der Waals surface area contributed by atoms with E-state index in [0.717, 1.165) is 6.54 Å².